The van der Waals surface area contributed by atoms with Crippen molar-refractivity contribution in [3.63, 3.8) is 0 Å². The molecule has 0 fully saturated rings. The molecule has 10 heteroatoms. The van der Waals surface area contributed by atoms with Gasteiger partial charge in [0.2, 0.25) is 0 Å². The average Bonchev–Trinajstić information content (AvgIpc) is 3.08. The van der Waals surface area contributed by atoms with Crippen molar-refractivity contribution in [1.29, 1.82) is 0 Å². The fourth-order valence-electron chi connectivity index (χ4n) is 2.33. The third kappa shape index (κ3) is 5.61. The number of primary amides is 1. The second-order valence-corrected chi connectivity index (χ2v) is 6.90. The van der Waals surface area contributed by atoms with Gasteiger partial charge in [0.05, 0.1) is 0 Å². The molecule has 2 rings (SSSR count). The van der Waals surface area contributed by atoms with Crippen molar-refractivity contribution >= 4 is 35.4 Å². The minimum Gasteiger partial charge on any atom is -0.365 e. The van der Waals surface area contributed by atoms with Crippen LogP contribution in [0, 0.1) is 0 Å². The molecule has 0 radical (unpaired) electrons. The van der Waals surface area contributed by atoms with Gasteiger partial charge >= 0.3 is 6.03 Å². The van der Waals surface area contributed by atoms with Gasteiger partial charge in [-0.25, -0.2) is 9.78 Å². The quantitative estimate of drug-likeness (QED) is 0.421. The molecule has 1 aromatic heterocycles. The largest absolute Gasteiger partial charge is 0.365 e. The smallest absolute Gasteiger partial charge is 0.320 e. The van der Waals surface area contributed by atoms with Crippen LogP contribution in [-0.2, 0) is 9.59 Å². The van der Waals surface area contributed by atoms with Gasteiger partial charge in [0.25, 0.3) is 11.8 Å². The molecule has 4 amide bonds. The number of hydrogen-bond acceptors (Lipinski definition) is 6. The lowest BCUT2D eigenvalue weighted by Gasteiger charge is -2.13. The fraction of sp³-hybridized carbons (Fsp3) is 0.412. The maximum Gasteiger partial charge on any atom is 0.320 e. The Labute approximate surface area is 161 Å². The summed E-state index contributed by atoms with van der Waals surface area (Å²) in [5.74, 6) is -0.610. The third-order valence-electron chi connectivity index (χ3n) is 3.67. The highest BCUT2D eigenvalue weighted by molar-refractivity contribution is 8.04. The van der Waals surface area contributed by atoms with Crippen molar-refractivity contribution in [1.82, 2.24) is 20.9 Å². The third-order valence-corrected chi connectivity index (χ3v) is 4.94. The van der Waals surface area contributed by atoms with Crippen LogP contribution in [0.15, 0.2) is 28.9 Å². The zero-order chi connectivity index (χ0) is 19.8. The minimum absolute atomic E-state index is 0.179. The first-order valence-electron chi connectivity index (χ1n) is 8.72. The summed E-state index contributed by atoms with van der Waals surface area (Å²) in [5.41, 5.74) is 6.35. The lowest BCUT2D eigenvalue weighted by Crippen LogP contribution is -2.32. The first kappa shape index (κ1) is 20.6. The number of carbonyl (C=O) groups is 3. The molecule has 0 bridgehead atoms. The first-order chi connectivity index (χ1) is 13.0. The highest BCUT2D eigenvalue weighted by Crippen LogP contribution is 2.40. The monoisotopic (exact) mass is 392 g/mol. The predicted octanol–water partition coefficient (Wildman–Crippen LogP) is 1.17. The normalized spacial score (nSPS) is 15.9. The van der Waals surface area contributed by atoms with E-state index in [-0.39, 0.29) is 27.9 Å². The molecule has 1 atom stereocenters. The molecule has 0 saturated carbocycles. The number of aromatic nitrogens is 1. The van der Waals surface area contributed by atoms with Crippen LogP contribution in [0.5, 0.6) is 0 Å². The van der Waals surface area contributed by atoms with E-state index in [1.54, 1.807) is 18.3 Å². The maximum atomic E-state index is 12.3. The highest BCUT2D eigenvalue weighted by atomic mass is 32.2. The Morgan fingerprint density at radius 2 is 2.04 bits per heavy atom. The fourth-order valence-corrected chi connectivity index (χ4v) is 3.40. The Morgan fingerprint density at radius 1 is 1.26 bits per heavy atom. The van der Waals surface area contributed by atoms with E-state index in [0.717, 1.165) is 18.4 Å². The SMILES string of the molecule is CCCCNC(=O)C1=C(C(N)=O)SC(c2ccc(NC(=O)NCC)nc2)N1. The van der Waals surface area contributed by atoms with Gasteiger partial charge in [-0.2, -0.15) is 0 Å². The summed E-state index contributed by atoms with van der Waals surface area (Å²) < 4.78 is 0. The zero-order valence-electron chi connectivity index (χ0n) is 15.3. The molecule has 27 heavy (non-hydrogen) atoms. The van der Waals surface area contributed by atoms with Crippen molar-refractivity contribution in [2.75, 3.05) is 18.4 Å². The number of hydrogen-bond donors (Lipinski definition) is 5. The molecule has 9 nitrogen and oxygen atoms in total. The minimum atomic E-state index is -0.655. The summed E-state index contributed by atoms with van der Waals surface area (Å²) in [6.07, 6.45) is 3.38. The van der Waals surface area contributed by atoms with Gasteiger partial charge in [0.1, 0.15) is 21.8 Å². The van der Waals surface area contributed by atoms with E-state index in [9.17, 15) is 14.4 Å². The number of thioether (sulfide) groups is 1. The Bertz CT molecular complexity index is 735. The summed E-state index contributed by atoms with van der Waals surface area (Å²) >= 11 is 1.17. The molecule has 0 spiro atoms. The second kappa shape index (κ2) is 9.81. The summed E-state index contributed by atoms with van der Waals surface area (Å²) in [4.78, 5) is 39.9. The lowest BCUT2D eigenvalue weighted by molar-refractivity contribution is -0.119. The molecule has 0 aromatic carbocycles. The van der Waals surface area contributed by atoms with Gasteiger partial charge in [-0.1, -0.05) is 31.2 Å². The number of anilines is 1. The lowest BCUT2D eigenvalue weighted by atomic mass is 10.2. The average molecular weight is 392 g/mol. The Hall–Kier alpha value is -2.75. The van der Waals surface area contributed by atoms with Crippen LogP contribution < -0.4 is 27.0 Å². The van der Waals surface area contributed by atoms with E-state index in [1.165, 1.54) is 11.8 Å². The van der Waals surface area contributed by atoms with Gasteiger partial charge in [-0.15, -0.1) is 0 Å². The van der Waals surface area contributed by atoms with E-state index < -0.39 is 5.91 Å². The second-order valence-electron chi connectivity index (χ2n) is 5.78. The molecule has 0 saturated heterocycles. The molecule has 1 unspecified atom stereocenters. The van der Waals surface area contributed by atoms with Crippen LogP contribution in [0.25, 0.3) is 0 Å². The molecule has 6 N–H and O–H groups in total. The summed E-state index contributed by atoms with van der Waals surface area (Å²) in [6.45, 7) is 4.89. The van der Waals surface area contributed by atoms with Crippen LogP contribution in [0.2, 0.25) is 0 Å². The van der Waals surface area contributed by atoms with Crippen LogP contribution in [-0.4, -0.2) is 35.9 Å². The number of unbranched alkanes of at least 4 members (excludes halogenated alkanes) is 1. The Kier molecular flexibility index (Phi) is 7.47. The maximum absolute atomic E-state index is 12.3. The molecule has 0 aliphatic carbocycles. The Morgan fingerprint density at radius 3 is 2.63 bits per heavy atom. The molecule has 146 valence electrons. The first-order valence-corrected chi connectivity index (χ1v) is 9.60. The number of pyridine rings is 1. The van der Waals surface area contributed by atoms with Gasteiger partial charge in [-0.3, -0.25) is 14.9 Å². The van der Waals surface area contributed by atoms with E-state index in [1.807, 2.05) is 13.8 Å². The van der Waals surface area contributed by atoms with Gasteiger partial charge in [0, 0.05) is 24.8 Å². The number of nitrogens with one attached hydrogen (secondary N) is 4. The molecule has 1 aromatic rings. The molecule has 2 heterocycles. The highest BCUT2D eigenvalue weighted by Gasteiger charge is 2.32. The van der Waals surface area contributed by atoms with E-state index in [0.29, 0.717) is 18.9 Å². The van der Waals surface area contributed by atoms with Crippen LogP contribution in [0.4, 0.5) is 10.6 Å². The topological polar surface area (TPSA) is 138 Å². The standard InChI is InChI=1S/C17H24N6O3S/c1-3-5-8-20-15(25)12-13(14(18)24)27-16(23-12)10-6-7-11(21-9-10)22-17(26)19-4-2/h6-7,9,16,23H,3-5,8H2,1-2H3,(H2,18,24)(H,20,25)(H2,19,21,22,26). The van der Waals surface area contributed by atoms with E-state index in [2.05, 4.69) is 26.3 Å². The van der Waals surface area contributed by atoms with Crippen LogP contribution in [0.3, 0.4) is 0 Å². The summed E-state index contributed by atoms with van der Waals surface area (Å²) in [7, 11) is 0. The van der Waals surface area contributed by atoms with Crippen molar-refractivity contribution in [2.24, 2.45) is 5.73 Å². The molecule has 1 aliphatic heterocycles. The number of urea groups is 1. The number of nitrogens with two attached hydrogens (primary N) is 1. The summed E-state index contributed by atoms with van der Waals surface area (Å²) in [5, 5.41) is 10.7. The van der Waals surface area contributed by atoms with Crippen molar-refractivity contribution in [3.05, 3.63) is 34.5 Å². The number of nitrogens with zero attached hydrogens (tertiary/aromatic N) is 1. The molecule has 1 aliphatic rings. The van der Waals surface area contributed by atoms with Crippen LogP contribution >= 0.6 is 11.8 Å². The molecular formula is C17H24N6O3S. The van der Waals surface area contributed by atoms with E-state index >= 15 is 0 Å². The van der Waals surface area contributed by atoms with Crippen molar-refractivity contribution in [3.8, 4) is 0 Å². The van der Waals surface area contributed by atoms with Gasteiger partial charge in [-0.05, 0) is 19.4 Å². The van der Waals surface area contributed by atoms with Crippen LogP contribution in [0.1, 0.15) is 37.6 Å². The molecular weight excluding hydrogens is 368 g/mol. The van der Waals surface area contributed by atoms with Gasteiger partial charge in [0.15, 0.2) is 0 Å². The van der Waals surface area contributed by atoms with Gasteiger partial charge < -0.3 is 21.7 Å². The Balaban J connectivity index is 2.05. The number of carbonyl (C=O) groups excluding carboxylic acids is 3. The number of rotatable bonds is 8. The van der Waals surface area contributed by atoms with E-state index in [4.69, 9.17) is 5.73 Å². The van der Waals surface area contributed by atoms with Crippen molar-refractivity contribution in [2.45, 2.75) is 32.1 Å². The number of amides is 4. The van der Waals surface area contributed by atoms with Crippen molar-refractivity contribution < 1.29 is 14.4 Å². The zero-order valence-corrected chi connectivity index (χ0v) is 16.1. The summed E-state index contributed by atoms with van der Waals surface area (Å²) in [6, 6.07) is 3.07. The predicted molar refractivity (Wildman–Crippen MR) is 105 cm³/mol.